The predicted octanol–water partition coefficient (Wildman–Crippen LogP) is 5.21. The highest BCUT2D eigenvalue weighted by molar-refractivity contribution is 6.30. The summed E-state index contributed by atoms with van der Waals surface area (Å²) in [5.41, 5.74) is 6.69. The first-order chi connectivity index (χ1) is 14.7. The van der Waals surface area contributed by atoms with Gasteiger partial charge in [-0.15, -0.1) is 0 Å². The minimum Gasteiger partial charge on any atom is -0.348 e. The van der Waals surface area contributed by atoms with E-state index >= 15 is 0 Å². The molecule has 0 saturated carbocycles. The number of carbonyl (C=O) groups excluding carboxylic acids is 1. The van der Waals surface area contributed by atoms with Crippen molar-refractivity contribution in [2.24, 2.45) is 5.92 Å². The fourth-order valence-corrected chi connectivity index (χ4v) is 6.34. The van der Waals surface area contributed by atoms with Crippen LogP contribution in [0.2, 0.25) is 0 Å². The van der Waals surface area contributed by atoms with Crippen molar-refractivity contribution in [1.82, 2.24) is 14.5 Å². The molecule has 5 nitrogen and oxygen atoms in total. The number of ether oxygens (including phenoxy) is 1. The molecule has 3 aliphatic heterocycles. The molecule has 30 heavy (non-hydrogen) atoms. The number of rotatable bonds is 0. The van der Waals surface area contributed by atoms with Crippen molar-refractivity contribution in [1.29, 1.82) is 0 Å². The average molecular weight is 393 g/mol. The van der Waals surface area contributed by atoms with Crippen molar-refractivity contribution in [2.45, 2.75) is 32.3 Å². The molecule has 0 aliphatic carbocycles. The molecular formula is C25H19N3O2. The first-order valence-corrected chi connectivity index (χ1v) is 10.7. The van der Waals surface area contributed by atoms with E-state index in [0.29, 0.717) is 12.5 Å². The van der Waals surface area contributed by atoms with Gasteiger partial charge in [0, 0.05) is 34.0 Å². The molecule has 2 aromatic heterocycles. The lowest BCUT2D eigenvalue weighted by molar-refractivity contribution is -0.0316. The molecule has 5 heteroatoms. The fraction of sp³-hybridized carbons (Fsp3) is 0.240. The van der Waals surface area contributed by atoms with Crippen molar-refractivity contribution >= 4 is 49.5 Å². The van der Waals surface area contributed by atoms with E-state index in [1.807, 2.05) is 0 Å². The molecule has 3 aliphatic rings. The summed E-state index contributed by atoms with van der Waals surface area (Å²) in [7, 11) is 0. The van der Waals surface area contributed by atoms with Crippen molar-refractivity contribution < 1.29 is 9.53 Å². The van der Waals surface area contributed by atoms with Gasteiger partial charge in [0.1, 0.15) is 12.5 Å². The zero-order valence-corrected chi connectivity index (χ0v) is 16.5. The van der Waals surface area contributed by atoms with Crippen LogP contribution in [0.4, 0.5) is 0 Å². The van der Waals surface area contributed by atoms with Crippen molar-refractivity contribution in [3.05, 3.63) is 59.7 Å². The van der Waals surface area contributed by atoms with Crippen LogP contribution >= 0.6 is 0 Å². The highest BCUT2D eigenvalue weighted by Crippen LogP contribution is 2.53. The summed E-state index contributed by atoms with van der Waals surface area (Å²) in [5, 5.41) is 7.75. The first-order valence-electron chi connectivity index (χ1n) is 10.7. The minimum atomic E-state index is -0.0169. The Morgan fingerprint density at radius 2 is 1.60 bits per heavy atom. The molecule has 3 aromatic carbocycles. The summed E-state index contributed by atoms with van der Waals surface area (Å²) in [6.45, 7) is 2.87. The average Bonchev–Trinajstić information content (AvgIpc) is 3.46. The summed E-state index contributed by atoms with van der Waals surface area (Å²) in [6.07, 6.45) is 0.953. The molecule has 1 N–H and O–H groups in total. The molecule has 1 amide bonds. The zero-order chi connectivity index (χ0) is 19.7. The van der Waals surface area contributed by atoms with Gasteiger partial charge in [-0.3, -0.25) is 4.79 Å². The van der Waals surface area contributed by atoms with E-state index in [9.17, 15) is 4.79 Å². The lowest BCUT2D eigenvalue weighted by Gasteiger charge is -2.19. The largest absolute Gasteiger partial charge is 0.348 e. The maximum atomic E-state index is 13.1. The number of benzene rings is 3. The van der Waals surface area contributed by atoms with Crippen LogP contribution in [0.1, 0.15) is 41.7 Å². The van der Waals surface area contributed by atoms with Gasteiger partial charge in [0.15, 0.2) is 0 Å². The third-order valence-corrected chi connectivity index (χ3v) is 7.45. The van der Waals surface area contributed by atoms with E-state index in [-0.39, 0.29) is 18.4 Å². The van der Waals surface area contributed by atoms with E-state index in [1.165, 1.54) is 21.8 Å². The summed E-state index contributed by atoms with van der Waals surface area (Å²) in [4.78, 5) is 13.1. The Balaban J connectivity index is 1.80. The number of fused-ring (bicyclic) bond motifs is 13. The van der Waals surface area contributed by atoms with E-state index in [2.05, 4.69) is 69.9 Å². The second-order valence-corrected chi connectivity index (χ2v) is 8.95. The van der Waals surface area contributed by atoms with Gasteiger partial charge in [-0.1, -0.05) is 43.3 Å². The number of nitrogens with zero attached hydrogens (tertiary/aromatic N) is 2. The Labute approximate surface area is 171 Å². The van der Waals surface area contributed by atoms with Crippen LogP contribution in [0.5, 0.6) is 0 Å². The summed E-state index contributed by atoms with van der Waals surface area (Å²) in [6, 6.07) is 17.0. The first kappa shape index (κ1) is 15.5. The van der Waals surface area contributed by atoms with Gasteiger partial charge in [-0.2, -0.15) is 0 Å². The molecule has 1 fully saturated rings. The van der Waals surface area contributed by atoms with Crippen LogP contribution in [0.25, 0.3) is 43.6 Å². The van der Waals surface area contributed by atoms with Gasteiger partial charge in [-0.25, -0.2) is 0 Å². The topological polar surface area (TPSA) is 48.2 Å². The Morgan fingerprint density at radius 1 is 0.933 bits per heavy atom. The van der Waals surface area contributed by atoms with Crippen LogP contribution in [-0.4, -0.2) is 15.0 Å². The lowest BCUT2D eigenvalue weighted by atomic mass is 9.96. The van der Waals surface area contributed by atoms with E-state index < -0.39 is 0 Å². The van der Waals surface area contributed by atoms with Gasteiger partial charge in [0.05, 0.1) is 27.6 Å². The Morgan fingerprint density at radius 3 is 2.40 bits per heavy atom. The standard InChI is InChI=1S/C25H19N3O2/c1-12-10-18-27-16-8-4-3-7-14(16)20-21-15(11-26-24(21)29)19-13-6-2-5-9-17(13)28(25(12)30-18)22(19)23(20)27/h2-9,12,18,25H,10-11H2,1H3,(H,26,29). The van der Waals surface area contributed by atoms with Gasteiger partial charge in [-0.05, 0) is 24.1 Å². The number of hydrogen-bond donors (Lipinski definition) is 1. The summed E-state index contributed by atoms with van der Waals surface area (Å²) < 4.78 is 11.5. The van der Waals surface area contributed by atoms with E-state index in [4.69, 9.17) is 4.74 Å². The Kier molecular flexibility index (Phi) is 2.52. The normalized spacial score (nSPS) is 24.4. The molecule has 3 unspecified atom stereocenters. The second-order valence-electron chi connectivity index (χ2n) is 8.95. The monoisotopic (exact) mass is 393 g/mol. The fourth-order valence-electron chi connectivity index (χ4n) is 6.34. The van der Waals surface area contributed by atoms with Crippen molar-refractivity contribution in [2.75, 3.05) is 0 Å². The molecule has 3 atom stereocenters. The Bertz CT molecular complexity index is 1610. The van der Waals surface area contributed by atoms with Crippen molar-refractivity contribution in [3.63, 3.8) is 0 Å². The SMILES string of the molecule is CC1CC2OC1n1c3ccccc3c3c4c(c5c6ccccc6n2c5c31)C(=O)NC4. The molecule has 5 heterocycles. The Hall–Kier alpha value is -3.31. The number of hydrogen-bond acceptors (Lipinski definition) is 2. The molecule has 146 valence electrons. The smallest absolute Gasteiger partial charge is 0.252 e. The lowest BCUT2D eigenvalue weighted by Crippen LogP contribution is -2.13. The molecule has 8 rings (SSSR count). The number of nitrogens with one attached hydrogen (secondary N) is 1. The molecule has 1 saturated heterocycles. The van der Waals surface area contributed by atoms with Crippen LogP contribution in [0.3, 0.4) is 0 Å². The predicted molar refractivity (Wildman–Crippen MR) is 117 cm³/mol. The quantitative estimate of drug-likeness (QED) is 0.392. The highest BCUT2D eigenvalue weighted by Gasteiger charge is 2.42. The molecule has 2 bridgehead atoms. The van der Waals surface area contributed by atoms with Crippen molar-refractivity contribution in [3.8, 4) is 0 Å². The summed E-state index contributed by atoms with van der Waals surface area (Å²) in [5.74, 6) is 0.446. The maximum absolute atomic E-state index is 13.1. The molecule has 0 radical (unpaired) electrons. The third-order valence-electron chi connectivity index (χ3n) is 7.45. The van der Waals surface area contributed by atoms with Gasteiger partial charge in [0.2, 0.25) is 0 Å². The summed E-state index contributed by atoms with van der Waals surface area (Å²) >= 11 is 0. The van der Waals surface area contributed by atoms with Crippen LogP contribution in [0, 0.1) is 5.92 Å². The maximum Gasteiger partial charge on any atom is 0.252 e. The third kappa shape index (κ3) is 1.51. The van der Waals surface area contributed by atoms with Gasteiger partial charge >= 0.3 is 0 Å². The van der Waals surface area contributed by atoms with Crippen LogP contribution in [0.15, 0.2) is 48.5 Å². The molecular weight excluding hydrogens is 374 g/mol. The number of aromatic nitrogens is 2. The van der Waals surface area contributed by atoms with E-state index in [1.54, 1.807) is 0 Å². The van der Waals surface area contributed by atoms with Crippen LogP contribution in [-0.2, 0) is 11.3 Å². The number of carbonyl (C=O) groups is 1. The second kappa shape index (κ2) is 4.87. The molecule has 5 aromatic rings. The number of amides is 1. The van der Waals surface area contributed by atoms with E-state index in [0.717, 1.165) is 39.4 Å². The van der Waals surface area contributed by atoms with Gasteiger partial charge in [0.25, 0.3) is 5.91 Å². The molecule has 0 spiro atoms. The number of para-hydroxylation sites is 2. The minimum absolute atomic E-state index is 0.00220. The highest BCUT2D eigenvalue weighted by atomic mass is 16.5. The van der Waals surface area contributed by atoms with Crippen LogP contribution < -0.4 is 5.32 Å². The zero-order valence-electron chi connectivity index (χ0n) is 16.5. The van der Waals surface area contributed by atoms with Gasteiger partial charge < -0.3 is 19.2 Å².